The van der Waals surface area contributed by atoms with Crippen molar-refractivity contribution >= 4 is 23.9 Å². The summed E-state index contributed by atoms with van der Waals surface area (Å²) in [7, 11) is 0. The van der Waals surface area contributed by atoms with E-state index in [1.807, 2.05) is 27.7 Å². The van der Waals surface area contributed by atoms with Crippen LogP contribution >= 0.6 is 0 Å². The first kappa shape index (κ1) is 45.8. The third-order valence-electron chi connectivity index (χ3n) is 13.9. The highest BCUT2D eigenvalue weighted by molar-refractivity contribution is 5.74. The minimum atomic E-state index is -1.10. The molecule has 4 aliphatic carbocycles. The molecular weight excluding hydrogens is 737 g/mol. The average Bonchev–Trinajstić information content (AvgIpc) is 3.16. The fourth-order valence-electron chi connectivity index (χ4n) is 10.1. The smallest absolute Gasteiger partial charge is 0.309 e. The summed E-state index contributed by atoms with van der Waals surface area (Å²) >= 11 is 0. The molecule has 0 spiro atoms. The highest BCUT2D eigenvalue weighted by Crippen LogP contribution is 2.47. The zero-order chi connectivity index (χ0) is 42.3. The van der Waals surface area contributed by atoms with E-state index in [1.54, 1.807) is 0 Å². The molecule has 1 heterocycles. The Hall–Kier alpha value is -3.24. The second kappa shape index (κ2) is 20.8. The molecule has 58 heavy (non-hydrogen) atoms. The lowest BCUT2D eigenvalue weighted by atomic mass is 9.65. The lowest BCUT2D eigenvalue weighted by molar-refractivity contribution is -0.171. The van der Waals surface area contributed by atoms with Gasteiger partial charge in [0.2, 0.25) is 0 Å². The van der Waals surface area contributed by atoms with E-state index >= 15 is 0 Å². The lowest BCUT2D eigenvalue weighted by Crippen LogP contribution is -2.42. The van der Waals surface area contributed by atoms with E-state index < -0.39 is 36.4 Å². The summed E-state index contributed by atoms with van der Waals surface area (Å²) in [6, 6.07) is 0. The van der Waals surface area contributed by atoms with Gasteiger partial charge in [-0.25, -0.2) is 0 Å². The Morgan fingerprint density at radius 1 is 0.741 bits per heavy atom. The van der Waals surface area contributed by atoms with Crippen molar-refractivity contribution in [1.29, 1.82) is 0 Å². The number of carbonyl (C=O) groups is 4. The first-order chi connectivity index (χ1) is 27.6. The number of allylic oxidation sites excluding steroid dienone is 6. The Bertz CT molecular complexity index is 1560. The zero-order valence-electron chi connectivity index (χ0n) is 36.3. The molecule has 0 saturated carbocycles. The molecule has 5 aliphatic rings. The summed E-state index contributed by atoms with van der Waals surface area (Å²) in [5, 5.41) is 21.9. The summed E-state index contributed by atoms with van der Waals surface area (Å²) in [6.07, 6.45) is 15.4. The van der Waals surface area contributed by atoms with Crippen LogP contribution in [0.15, 0.2) is 47.6 Å². The summed E-state index contributed by atoms with van der Waals surface area (Å²) in [5.41, 5.74) is 2.40. The Kier molecular flexibility index (Phi) is 16.5. The van der Waals surface area contributed by atoms with E-state index in [2.05, 4.69) is 64.2 Å². The molecule has 1 aliphatic heterocycles. The van der Waals surface area contributed by atoms with Gasteiger partial charge in [0.15, 0.2) is 0 Å². The normalized spacial score (nSPS) is 35.2. The number of fused-ring (bicyclic) bond motifs is 2. The Morgan fingerprint density at radius 3 is 1.78 bits per heavy atom. The van der Waals surface area contributed by atoms with Crippen LogP contribution in [0.5, 0.6) is 0 Å². The van der Waals surface area contributed by atoms with Gasteiger partial charge in [0.1, 0.15) is 24.4 Å². The molecule has 16 atom stereocenters. The quantitative estimate of drug-likeness (QED) is 0.109. The van der Waals surface area contributed by atoms with Gasteiger partial charge in [-0.15, -0.1) is 0 Å². The van der Waals surface area contributed by atoms with Crippen LogP contribution in [0.4, 0.5) is 0 Å². The van der Waals surface area contributed by atoms with E-state index in [0.717, 1.165) is 32.1 Å². The minimum Gasteiger partial charge on any atom is -0.462 e. The van der Waals surface area contributed by atoms with Crippen molar-refractivity contribution in [2.75, 3.05) is 0 Å². The van der Waals surface area contributed by atoms with Crippen LogP contribution in [0.3, 0.4) is 0 Å². The van der Waals surface area contributed by atoms with Gasteiger partial charge in [0, 0.05) is 18.3 Å². The number of hydrogen-bond acceptors (Lipinski definition) is 10. The van der Waals surface area contributed by atoms with Gasteiger partial charge >= 0.3 is 23.9 Å². The third-order valence-corrected chi connectivity index (χ3v) is 13.9. The van der Waals surface area contributed by atoms with Gasteiger partial charge in [0.25, 0.3) is 0 Å². The topological polar surface area (TPSA) is 146 Å². The molecule has 0 unspecified atom stereocenters. The fraction of sp³-hybridized carbons (Fsp3) is 0.750. The van der Waals surface area contributed by atoms with Gasteiger partial charge < -0.3 is 29.2 Å². The van der Waals surface area contributed by atoms with Crippen LogP contribution in [0, 0.1) is 59.2 Å². The molecular formula is C48H72O10. The first-order valence-electron chi connectivity index (χ1n) is 22.5. The van der Waals surface area contributed by atoms with Crippen molar-refractivity contribution in [2.24, 2.45) is 59.2 Å². The van der Waals surface area contributed by atoms with E-state index in [4.69, 9.17) is 18.9 Å². The molecule has 5 rings (SSSR count). The first-order valence-corrected chi connectivity index (χ1v) is 22.5. The molecule has 324 valence electrons. The molecule has 0 aromatic heterocycles. The number of esters is 4. The predicted molar refractivity (Wildman–Crippen MR) is 222 cm³/mol. The number of aliphatic hydroxyl groups excluding tert-OH is 2. The van der Waals surface area contributed by atoms with Crippen molar-refractivity contribution in [3.63, 3.8) is 0 Å². The van der Waals surface area contributed by atoms with Crippen molar-refractivity contribution < 1.29 is 48.3 Å². The predicted octanol–water partition coefficient (Wildman–Crippen LogP) is 8.39. The molecule has 2 N–H and O–H groups in total. The number of cyclic esters (lactones) is 1. The molecule has 0 bridgehead atoms. The second-order valence-corrected chi connectivity index (χ2v) is 18.7. The van der Waals surface area contributed by atoms with Crippen LogP contribution in [-0.4, -0.2) is 70.7 Å². The van der Waals surface area contributed by atoms with Crippen LogP contribution in [-0.2, 0) is 38.1 Å². The summed E-state index contributed by atoms with van der Waals surface area (Å²) in [4.78, 5) is 51.5. The van der Waals surface area contributed by atoms with Crippen molar-refractivity contribution in [3.8, 4) is 0 Å². The molecule has 10 heteroatoms. The molecule has 10 nitrogen and oxygen atoms in total. The van der Waals surface area contributed by atoms with Crippen molar-refractivity contribution in [3.05, 3.63) is 47.6 Å². The molecule has 0 amide bonds. The lowest BCUT2D eigenvalue weighted by Gasteiger charge is -2.43. The molecule has 0 aromatic rings. The highest BCUT2D eigenvalue weighted by atomic mass is 16.6. The van der Waals surface area contributed by atoms with Crippen LogP contribution in [0.25, 0.3) is 0 Å². The monoisotopic (exact) mass is 809 g/mol. The standard InChI is InChI=1S/C48H72O10/c1-9-29(5)47(53)57-41-21-27(3)19-33-13-11-31(7)39(45(33)41)17-15-35(49)23-36(50)24-43(51)56-38-25-37(55-44(52)26-38)16-18-40-32(8)12-14-34-20-28(4)22-42(46(34)40)58-48(54)30(6)10-2/h11-14,19-20,27-32,35-42,45-46,49-50H,9-10,15-18,21-26H2,1-8H3/t27-,28-,29-,30-,31-,32-,35+,36+,37+,38+,39-,40-,41-,42-,45+,46+/m0/s1. The SMILES string of the molecule is CC[C@H](C)C(=O)O[C@H]1C[C@@H](C)C=C2C=C[C@H](C)[C@H](CC[C@@H](O)C[C@@H](O)CC(=O)O[C@H]3CC(=O)O[C@H](CC[C@@H]4[C@H]5C(=C[C@H](C)C[C@@H]5OC(=O)[C@@H](C)CC)C=C[C@@H]4C)C3)[C@@H]21. The van der Waals surface area contributed by atoms with E-state index in [-0.39, 0.29) is 90.8 Å². The molecule has 1 fully saturated rings. The largest absolute Gasteiger partial charge is 0.462 e. The van der Waals surface area contributed by atoms with Crippen LogP contribution in [0.1, 0.15) is 132 Å². The maximum Gasteiger partial charge on any atom is 0.309 e. The summed E-state index contributed by atoms with van der Waals surface area (Å²) < 4.78 is 23.8. The Balaban J connectivity index is 1.10. The van der Waals surface area contributed by atoms with Crippen molar-refractivity contribution in [2.45, 2.75) is 169 Å². The van der Waals surface area contributed by atoms with Gasteiger partial charge in [-0.2, -0.15) is 0 Å². The molecule has 0 aromatic carbocycles. The maximum absolute atomic E-state index is 13.0. The van der Waals surface area contributed by atoms with Gasteiger partial charge in [-0.05, 0) is 104 Å². The van der Waals surface area contributed by atoms with Gasteiger partial charge in [-0.3, -0.25) is 19.2 Å². The summed E-state index contributed by atoms with van der Waals surface area (Å²) in [6.45, 7) is 16.4. The van der Waals surface area contributed by atoms with E-state index in [1.165, 1.54) is 11.1 Å². The number of aliphatic hydroxyl groups is 2. The number of ether oxygens (including phenoxy) is 4. The van der Waals surface area contributed by atoms with Gasteiger partial charge in [-0.1, -0.05) is 91.8 Å². The maximum atomic E-state index is 13.0. The summed E-state index contributed by atoms with van der Waals surface area (Å²) in [5.74, 6) is -0.125. The van der Waals surface area contributed by atoms with E-state index in [9.17, 15) is 29.4 Å². The van der Waals surface area contributed by atoms with Crippen molar-refractivity contribution in [1.82, 2.24) is 0 Å². The van der Waals surface area contributed by atoms with Crippen LogP contribution < -0.4 is 0 Å². The molecule has 1 saturated heterocycles. The van der Waals surface area contributed by atoms with Gasteiger partial charge in [0.05, 0.1) is 36.9 Å². The van der Waals surface area contributed by atoms with E-state index in [0.29, 0.717) is 37.5 Å². The fourth-order valence-corrected chi connectivity index (χ4v) is 10.1. The second-order valence-electron chi connectivity index (χ2n) is 18.7. The number of rotatable bonds is 17. The average molecular weight is 809 g/mol. The zero-order valence-corrected chi connectivity index (χ0v) is 36.3. The number of carbonyl (C=O) groups excluding carboxylic acids is 4. The minimum absolute atomic E-state index is 0.0241. The Labute approximate surface area is 347 Å². The molecule has 0 radical (unpaired) electrons. The third kappa shape index (κ3) is 11.9. The Morgan fingerprint density at radius 2 is 1.26 bits per heavy atom. The van der Waals surface area contributed by atoms with Crippen LogP contribution in [0.2, 0.25) is 0 Å². The number of hydrogen-bond donors (Lipinski definition) is 2. The highest BCUT2D eigenvalue weighted by Gasteiger charge is 2.44.